The standard InChI is InChI=1S/C16H23FN2O2/c1-21-14-6-5-12(11-13(14)17)7-10-19-15(20)16(18)8-3-2-4-9-16/h5-6,11H,2-4,7-10,18H2,1H3,(H,19,20). The lowest BCUT2D eigenvalue weighted by molar-refractivity contribution is -0.127. The summed E-state index contributed by atoms with van der Waals surface area (Å²) in [6.45, 7) is 0.462. The molecule has 4 nitrogen and oxygen atoms in total. The molecule has 0 bridgehead atoms. The van der Waals surface area contributed by atoms with Gasteiger partial charge in [-0.1, -0.05) is 25.3 Å². The van der Waals surface area contributed by atoms with Crippen LogP contribution in [0.15, 0.2) is 18.2 Å². The van der Waals surface area contributed by atoms with E-state index in [1.165, 1.54) is 13.2 Å². The Balaban J connectivity index is 1.83. The van der Waals surface area contributed by atoms with Crippen LogP contribution in [0, 0.1) is 5.82 Å². The average molecular weight is 294 g/mol. The summed E-state index contributed by atoms with van der Waals surface area (Å²) in [5.74, 6) is -0.244. The molecule has 1 aliphatic rings. The molecule has 1 aromatic rings. The number of hydrogen-bond acceptors (Lipinski definition) is 3. The third kappa shape index (κ3) is 3.94. The van der Waals surface area contributed by atoms with Gasteiger partial charge < -0.3 is 15.8 Å². The smallest absolute Gasteiger partial charge is 0.240 e. The predicted molar refractivity (Wildman–Crippen MR) is 79.7 cm³/mol. The quantitative estimate of drug-likeness (QED) is 0.874. The summed E-state index contributed by atoms with van der Waals surface area (Å²) in [5.41, 5.74) is 6.26. The van der Waals surface area contributed by atoms with E-state index in [0.29, 0.717) is 13.0 Å². The Morgan fingerprint density at radius 1 is 1.38 bits per heavy atom. The highest BCUT2D eigenvalue weighted by Crippen LogP contribution is 2.26. The highest BCUT2D eigenvalue weighted by molar-refractivity contribution is 5.86. The number of rotatable bonds is 5. The average Bonchev–Trinajstić information content (AvgIpc) is 2.48. The fraction of sp³-hybridized carbons (Fsp3) is 0.562. The third-order valence-corrected chi connectivity index (χ3v) is 4.11. The Morgan fingerprint density at radius 2 is 2.10 bits per heavy atom. The highest BCUT2D eigenvalue weighted by atomic mass is 19.1. The fourth-order valence-corrected chi connectivity index (χ4v) is 2.77. The Kier molecular flexibility index (Phi) is 5.17. The van der Waals surface area contributed by atoms with Crippen LogP contribution in [0.5, 0.6) is 5.75 Å². The number of hydrogen-bond donors (Lipinski definition) is 2. The summed E-state index contributed by atoms with van der Waals surface area (Å²) in [6.07, 6.45) is 5.23. The van der Waals surface area contributed by atoms with Gasteiger partial charge in [-0.25, -0.2) is 4.39 Å². The molecule has 1 fully saturated rings. The molecule has 3 N–H and O–H groups in total. The van der Waals surface area contributed by atoms with Crippen LogP contribution in [0.1, 0.15) is 37.7 Å². The van der Waals surface area contributed by atoms with Gasteiger partial charge in [0, 0.05) is 6.54 Å². The lowest BCUT2D eigenvalue weighted by atomic mass is 9.82. The van der Waals surface area contributed by atoms with Crippen LogP contribution in [-0.4, -0.2) is 25.1 Å². The Bertz CT molecular complexity index is 499. The number of benzene rings is 1. The van der Waals surface area contributed by atoms with Crippen molar-refractivity contribution in [3.63, 3.8) is 0 Å². The molecule has 0 saturated heterocycles. The van der Waals surface area contributed by atoms with E-state index in [-0.39, 0.29) is 17.5 Å². The van der Waals surface area contributed by atoms with Gasteiger partial charge >= 0.3 is 0 Å². The van der Waals surface area contributed by atoms with Gasteiger partial charge in [0.2, 0.25) is 5.91 Å². The first-order valence-corrected chi connectivity index (χ1v) is 7.45. The number of halogens is 1. The molecule has 0 unspecified atom stereocenters. The number of carbonyl (C=O) groups is 1. The van der Waals surface area contributed by atoms with Crippen molar-refractivity contribution in [3.05, 3.63) is 29.6 Å². The number of ether oxygens (including phenoxy) is 1. The molecule has 0 aliphatic heterocycles. The zero-order valence-electron chi connectivity index (χ0n) is 12.5. The van der Waals surface area contributed by atoms with Gasteiger partial charge in [-0.15, -0.1) is 0 Å². The van der Waals surface area contributed by atoms with Crippen LogP contribution < -0.4 is 15.8 Å². The highest BCUT2D eigenvalue weighted by Gasteiger charge is 2.34. The van der Waals surface area contributed by atoms with Gasteiger partial charge in [0.05, 0.1) is 12.6 Å². The Morgan fingerprint density at radius 3 is 2.71 bits per heavy atom. The van der Waals surface area contributed by atoms with E-state index in [0.717, 1.165) is 37.7 Å². The zero-order chi connectivity index (χ0) is 15.3. The van der Waals surface area contributed by atoms with Gasteiger partial charge in [-0.2, -0.15) is 0 Å². The predicted octanol–water partition coefficient (Wildman–Crippen LogP) is 2.15. The van der Waals surface area contributed by atoms with Crippen LogP contribution in [0.3, 0.4) is 0 Å². The molecule has 2 rings (SSSR count). The summed E-state index contributed by atoms with van der Waals surface area (Å²) in [5, 5.41) is 2.87. The van der Waals surface area contributed by atoms with E-state index in [2.05, 4.69) is 5.32 Å². The van der Waals surface area contributed by atoms with Gasteiger partial charge in [0.15, 0.2) is 11.6 Å². The van der Waals surface area contributed by atoms with Crippen LogP contribution in [0.2, 0.25) is 0 Å². The molecule has 0 aromatic heterocycles. The SMILES string of the molecule is COc1ccc(CCNC(=O)C2(N)CCCCC2)cc1F. The Labute approximate surface area is 124 Å². The molecule has 1 amide bonds. The summed E-state index contributed by atoms with van der Waals surface area (Å²) < 4.78 is 18.4. The number of nitrogens with two attached hydrogens (primary N) is 1. The molecule has 0 radical (unpaired) electrons. The Hall–Kier alpha value is -1.62. The van der Waals surface area contributed by atoms with Gasteiger partial charge in [-0.3, -0.25) is 4.79 Å². The molecule has 1 aliphatic carbocycles. The van der Waals surface area contributed by atoms with E-state index in [4.69, 9.17) is 10.5 Å². The van der Waals surface area contributed by atoms with Crippen LogP contribution in [0.25, 0.3) is 0 Å². The minimum Gasteiger partial charge on any atom is -0.494 e. The van der Waals surface area contributed by atoms with E-state index in [1.54, 1.807) is 12.1 Å². The molecule has 0 heterocycles. The van der Waals surface area contributed by atoms with Gasteiger partial charge in [0.1, 0.15) is 0 Å². The van der Waals surface area contributed by atoms with Crippen LogP contribution in [0.4, 0.5) is 4.39 Å². The maximum absolute atomic E-state index is 13.6. The van der Waals surface area contributed by atoms with Crippen molar-refractivity contribution in [1.82, 2.24) is 5.32 Å². The monoisotopic (exact) mass is 294 g/mol. The fourth-order valence-electron chi connectivity index (χ4n) is 2.77. The summed E-state index contributed by atoms with van der Waals surface area (Å²) in [4.78, 5) is 12.1. The van der Waals surface area contributed by atoms with Crippen LogP contribution in [-0.2, 0) is 11.2 Å². The van der Waals surface area contributed by atoms with Crippen molar-refractivity contribution >= 4 is 5.91 Å². The second kappa shape index (κ2) is 6.89. The molecule has 5 heteroatoms. The molecular weight excluding hydrogens is 271 g/mol. The van der Waals surface area contributed by atoms with Gasteiger partial charge in [0.25, 0.3) is 0 Å². The lowest BCUT2D eigenvalue weighted by Gasteiger charge is -2.31. The number of nitrogens with one attached hydrogen (secondary N) is 1. The lowest BCUT2D eigenvalue weighted by Crippen LogP contribution is -2.55. The minimum atomic E-state index is -0.719. The van der Waals surface area contributed by atoms with Crippen molar-refractivity contribution < 1.29 is 13.9 Å². The van der Waals surface area contributed by atoms with Crippen LogP contribution >= 0.6 is 0 Å². The second-order valence-electron chi connectivity index (χ2n) is 5.69. The molecule has 0 spiro atoms. The molecule has 116 valence electrons. The topological polar surface area (TPSA) is 64.3 Å². The maximum atomic E-state index is 13.6. The molecule has 1 aromatic carbocycles. The first-order chi connectivity index (χ1) is 10.0. The van der Waals surface area contributed by atoms with Crippen molar-refractivity contribution in [2.75, 3.05) is 13.7 Å². The minimum absolute atomic E-state index is 0.0869. The van der Waals surface area contributed by atoms with E-state index in [9.17, 15) is 9.18 Å². The number of amides is 1. The molecule has 0 atom stereocenters. The normalized spacial score (nSPS) is 17.3. The van der Waals surface area contributed by atoms with Crippen molar-refractivity contribution in [1.29, 1.82) is 0 Å². The first kappa shape index (κ1) is 15.8. The first-order valence-electron chi connectivity index (χ1n) is 7.45. The van der Waals surface area contributed by atoms with Crippen molar-refractivity contribution in [2.24, 2.45) is 5.73 Å². The zero-order valence-corrected chi connectivity index (χ0v) is 12.5. The number of carbonyl (C=O) groups excluding carboxylic acids is 1. The van der Waals surface area contributed by atoms with E-state index < -0.39 is 5.54 Å². The molecule has 1 saturated carbocycles. The van der Waals surface area contributed by atoms with Crippen molar-refractivity contribution in [2.45, 2.75) is 44.1 Å². The molecule has 21 heavy (non-hydrogen) atoms. The second-order valence-corrected chi connectivity index (χ2v) is 5.69. The summed E-state index contributed by atoms with van der Waals surface area (Å²) >= 11 is 0. The van der Waals surface area contributed by atoms with E-state index in [1.807, 2.05) is 0 Å². The largest absolute Gasteiger partial charge is 0.494 e. The third-order valence-electron chi connectivity index (χ3n) is 4.11. The number of methoxy groups -OCH3 is 1. The summed E-state index contributed by atoms with van der Waals surface area (Å²) in [7, 11) is 1.43. The van der Waals surface area contributed by atoms with Crippen molar-refractivity contribution in [3.8, 4) is 5.75 Å². The summed E-state index contributed by atoms with van der Waals surface area (Å²) in [6, 6.07) is 4.83. The van der Waals surface area contributed by atoms with E-state index >= 15 is 0 Å². The molecular formula is C16H23FN2O2. The van der Waals surface area contributed by atoms with Gasteiger partial charge in [-0.05, 0) is 37.0 Å². The maximum Gasteiger partial charge on any atom is 0.240 e.